The summed E-state index contributed by atoms with van der Waals surface area (Å²) in [6.45, 7) is 0.283. The van der Waals surface area contributed by atoms with Crippen LogP contribution in [0, 0.1) is 0 Å². The first kappa shape index (κ1) is 18.6. The van der Waals surface area contributed by atoms with Crippen LogP contribution in [0.25, 0.3) is 17.1 Å². The summed E-state index contributed by atoms with van der Waals surface area (Å²) in [4.78, 5) is 14.9. The van der Waals surface area contributed by atoms with Crippen LogP contribution >= 0.6 is 11.6 Å². The quantitative estimate of drug-likeness (QED) is 0.463. The lowest BCUT2D eigenvalue weighted by molar-refractivity contribution is 0.0714. The molecule has 1 aliphatic carbocycles. The van der Waals surface area contributed by atoms with Crippen molar-refractivity contribution >= 4 is 17.5 Å². The number of benzene rings is 2. The highest BCUT2D eigenvalue weighted by atomic mass is 35.5. The van der Waals surface area contributed by atoms with Crippen molar-refractivity contribution in [3.05, 3.63) is 83.5 Å². The third-order valence-corrected chi connectivity index (χ3v) is 5.25. The molecule has 0 saturated heterocycles. The monoisotopic (exact) mass is 419 g/mol. The number of hydrogen-bond acceptors (Lipinski definition) is 5. The molecule has 1 saturated carbocycles. The van der Waals surface area contributed by atoms with Crippen molar-refractivity contribution in [2.24, 2.45) is 0 Å². The summed E-state index contributed by atoms with van der Waals surface area (Å²) < 4.78 is 7.55. The summed E-state index contributed by atoms with van der Waals surface area (Å²) >= 11 is 5.93. The van der Waals surface area contributed by atoms with Crippen molar-refractivity contribution in [1.82, 2.24) is 24.9 Å². The molecular formula is C22H18ClN5O2. The molecule has 2 aromatic carbocycles. The normalized spacial score (nSPS) is 13.4. The molecule has 1 amide bonds. The number of carbonyl (C=O) groups is 1. The molecular weight excluding hydrogens is 402 g/mol. The molecule has 5 rings (SSSR count). The highest BCUT2D eigenvalue weighted by Gasteiger charge is 2.34. The summed E-state index contributed by atoms with van der Waals surface area (Å²) in [5.41, 5.74) is 2.31. The minimum Gasteiger partial charge on any atom is -0.419 e. The van der Waals surface area contributed by atoms with Gasteiger partial charge < -0.3 is 9.32 Å². The molecule has 30 heavy (non-hydrogen) atoms. The van der Waals surface area contributed by atoms with Crippen LogP contribution in [0.15, 0.2) is 71.4 Å². The second-order valence-corrected chi connectivity index (χ2v) is 7.61. The van der Waals surface area contributed by atoms with E-state index in [1.165, 1.54) is 0 Å². The van der Waals surface area contributed by atoms with Crippen LogP contribution in [0.2, 0.25) is 5.02 Å². The minimum atomic E-state index is -0.0456. The average Bonchev–Trinajstić information content (AvgIpc) is 3.26. The lowest BCUT2D eigenvalue weighted by atomic mass is 10.1. The van der Waals surface area contributed by atoms with Crippen LogP contribution in [0.5, 0.6) is 0 Å². The van der Waals surface area contributed by atoms with Gasteiger partial charge >= 0.3 is 0 Å². The van der Waals surface area contributed by atoms with E-state index in [0.717, 1.165) is 24.1 Å². The molecule has 4 aromatic rings. The van der Waals surface area contributed by atoms with Crippen molar-refractivity contribution in [2.75, 3.05) is 0 Å². The molecule has 0 atom stereocenters. The third-order valence-electron chi connectivity index (χ3n) is 5.00. The highest BCUT2D eigenvalue weighted by Crippen LogP contribution is 2.30. The van der Waals surface area contributed by atoms with E-state index >= 15 is 0 Å². The SMILES string of the molecule is O=C(c1ccc(-n2cccn2)cc1)N(Cc1nnc(-c2ccc(Cl)cc2)o1)C1CC1. The zero-order chi connectivity index (χ0) is 20.5. The van der Waals surface area contributed by atoms with E-state index in [9.17, 15) is 4.79 Å². The lowest BCUT2D eigenvalue weighted by Crippen LogP contribution is -2.32. The van der Waals surface area contributed by atoms with E-state index in [1.807, 2.05) is 53.6 Å². The van der Waals surface area contributed by atoms with Gasteiger partial charge in [-0.05, 0) is 67.4 Å². The Morgan fingerprint density at radius 1 is 1.10 bits per heavy atom. The smallest absolute Gasteiger partial charge is 0.254 e. The molecule has 1 fully saturated rings. The molecule has 0 unspecified atom stereocenters. The van der Waals surface area contributed by atoms with Gasteiger partial charge in [0, 0.05) is 34.6 Å². The van der Waals surface area contributed by atoms with Gasteiger partial charge in [0.15, 0.2) is 0 Å². The van der Waals surface area contributed by atoms with Gasteiger partial charge in [0.05, 0.1) is 12.2 Å². The van der Waals surface area contributed by atoms with E-state index in [4.69, 9.17) is 16.0 Å². The number of amides is 1. The standard InChI is InChI=1S/C22H18ClN5O2/c23-17-6-2-15(3-7-17)21-26-25-20(30-21)14-27(18-10-11-18)22(29)16-4-8-19(9-5-16)28-13-1-12-24-28/h1-9,12-13,18H,10-11,14H2. The maximum absolute atomic E-state index is 13.1. The van der Waals surface area contributed by atoms with E-state index < -0.39 is 0 Å². The Labute approximate surface area is 177 Å². The van der Waals surface area contributed by atoms with Crippen LogP contribution in [0.1, 0.15) is 29.1 Å². The summed E-state index contributed by atoms with van der Waals surface area (Å²) in [5.74, 6) is 0.776. The molecule has 0 radical (unpaired) electrons. The van der Waals surface area contributed by atoms with Gasteiger partial charge in [-0.15, -0.1) is 10.2 Å². The van der Waals surface area contributed by atoms with Crippen molar-refractivity contribution < 1.29 is 9.21 Å². The Bertz CT molecular complexity index is 1150. The van der Waals surface area contributed by atoms with Crippen molar-refractivity contribution in [3.8, 4) is 17.1 Å². The molecule has 0 spiro atoms. The zero-order valence-corrected chi connectivity index (χ0v) is 16.7. The van der Waals surface area contributed by atoms with E-state index in [1.54, 1.807) is 23.0 Å². The fourth-order valence-electron chi connectivity index (χ4n) is 3.27. The summed E-state index contributed by atoms with van der Waals surface area (Å²) in [6, 6.07) is 16.7. The highest BCUT2D eigenvalue weighted by molar-refractivity contribution is 6.30. The third kappa shape index (κ3) is 3.84. The maximum atomic E-state index is 13.1. The second-order valence-electron chi connectivity index (χ2n) is 7.17. The topological polar surface area (TPSA) is 77.1 Å². The van der Waals surface area contributed by atoms with Crippen LogP contribution in [0.4, 0.5) is 0 Å². The van der Waals surface area contributed by atoms with Gasteiger partial charge in [0.25, 0.3) is 5.91 Å². The number of nitrogens with zero attached hydrogens (tertiary/aromatic N) is 5. The Morgan fingerprint density at radius 2 is 1.87 bits per heavy atom. The molecule has 0 bridgehead atoms. The Morgan fingerprint density at radius 3 is 2.53 bits per heavy atom. The number of halogens is 1. The molecule has 2 aromatic heterocycles. The number of carbonyl (C=O) groups excluding carboxylic acids is 1. The number of aromatic nitrogens is 4. The number of rotatable bonds is 6. The Balaban J connectivity index is 1.33. The number of hydrogen-bond donors (Lipinski definition) is 0. The summed E-state index contributed by atoms with van der Waals surface area (Å²) in [5, 5.41) is 13.1. The predicted octanol–water partition coefficient (Wildman–Crippen LogP) is 4.38. The van der Waals surface area contributed by atoms with Crippen molar-refractivity contribution in [1.29, 1.82) is 0 Å². The van der Waals surface area contributed by atoms with E-state index in [0.29, 0.717) is 22.4 Å². The molecule has 0 N–H and O–H groups in total. The zero-order valence-electron chi connectivity index (χ0n) is 16.0. The van der Waals surface area contributed by atoms with Crippen LogP contribution in [-0.2, 0) is 6.54 Å². The van der Waals surface area contributed by atoms with Crippen LogP contribution < -0.4 is 0 Å². The van der Waals surface area contributed by atoms with Gasteiger partial charge in [-0.3, -0.25) is 4.79 Å². The Hall–Kier alpha value is -3.45. The van der Waals surface area contributed by atoms with Crippen LogP contribution in [0.3, 0.4) is 0 Å². The maximum Gasteiger partial charge on any atom is 0.254 e. The largest absolute Gasteiger partial charge is 0.419 e. The molecule has 1 aliphatic rings. The van der Waals surface area contributed by atoms with Gasteiger partial charge in [-0.1, -0.05) is 11.6 Å². The second kappa shape index (κ2) is 7.76. The van der Waals surface area contributed by atoms with E-state index in [2.05, 4.69) is 15.3 Å². The molecule has 150 valence electrons. The summed E-state index contributed by atoms with van der Waals surface area (Å²) in [6.07, 6.45) is 5.54. The molecule has 0 aliphatic heterocycles. The van der Waals surface area contributed by atoms with Crippen LogP contribution in [-0.4, -0.2) is 36.8 Å². The first-order valence-electron chi connectivity index (χ1n) is 9.67. The fourth-order valence-corrected chi connectivity index (χ4v) is 3.40. The van der Waals surface area contributed by atoms with E-state index in [-0.39, 0.29) is 18.5 Å². The van der Waals surface area contributed by atoms with Gasteiger partial charge in [0.2, 0.25) is 11.8 Å². The van der Waals surface area contributed by atoms with Crippen molar-refractivity contribution in [3.63, 3.8) is 0 Å². The molecule has 8 heteroatoms. The summed E-state index contributed by atoms with van der Waals surface area (Å²) in [7, 11) is 0. The molecule has 2 heterocycles. The van der Waals surface area contributed by atoms with Gasteiger partial charge in [-0.2, -0.15) is 5.10 Å². The first-order chi connectivity index (χ1) is 14.7. The minimum absolute atomic E-state index is 0.0456. The average molecular weight is 420 g/mol. The van der Waals surface area contributed by atoms with Gasteiger partial charge in [0.1, 0.15) is 0 Å². The fraction of sp³-hybridized carbons (Fsp3) is 0.182. The first-order valence-corrected chi connectivity index (χ1v) is 10.0. The lowest BCUT2D eigenvalue weighted by Gasteiger charge is -2.20. The molecule has 7 nitrogen and oxygen atoms in total. The Kier molecular flexibility index (Phi) is 4.80. The van der Waals surface area contributed by atoms with Crippen molar-refractivity contribution in [2.45, 2.75) is 25.4 Å². The van der Waals surface area contributed by atoms with Gasteiger partial charge in [-0.25, -0.2) is 4.68 Å². The predicted molar refractivity (Wildman–Crippen MR) is 111 cm³/mol.